The Bertz CT molecular complexity index is 520. The largest absolute Gasteiger partial charge is 0.416 e. The Morgan fingerprint density at radius 1 is 1.00 bits per heavy atom. The molecule has 1 aromatic carbocycles. The van der Waals surface area contributed by atoms with Gasteiger partial charge in [0, 0.05) is 11.8 Å². The third-order valence-electron chi connectivity index (χ3n) is 2.24. The minimum Gasteiger partial charge on any atom is -0.256 e. The van der Waals surface area contributed by atoms with Gasteiger partial charge in [0.1, 0.15) is 5.82 Å². The molecule has 0 unspecified atom stereocenters. The van der Waals surface area contributed by atoms with Crippen LogP contribution < -0.4 is 0 Å². The first kappa shape index (κ1) is 11.6. The highest BCUT2D eigenvalue weighted by molar-refractivity contribution is 5.60. The molecule has 0 aliphatic carbocycles. The number of hydrogen-bond donors (Lipinski definition) is 0. The van der Waals surface area contributed by atoms with Gasteiger partial charge in [0.25, 0.3) is 0 Å². The van der Waals surface area contributed by atoms with E-state index in [0.29, 0.717) is 11.8 Å². The summed E-state index contributed by atoms with van der Waals surface area (Å²) in [5.41, 5.74) is -0.646. The third-order valence-corrected chi connectivity index (χ3v) is 2.24. The lowest BCUT2D eigenvalue weighted by molar-refractivity contribution is -0.137. The van der Waals surface area contributed by atoms with E-state index in [4.69, 9.17) is 0 Å². The van der Waals surface area contributed by atoms with E-state index >= 15 is 0 Å². The lowest BCUT2D eigenvalue weighted by atomic mass is 10.1. The van der Waals surface area contributed by atoms with E-state index in [2.05, 4.69) is 4.98 Å². The van der Waals surface area contributed by atoms with Gasteiger partial charge in [0.2, 0.25) is 0 Å². The van der Waals surface area contributed by atoms with Crippen LogP contribution in [0.25, 0.3) is 11.3 Å². The summed E-state index contributed by atoms with van der Waals surface area (Å²) in [5, 5.41) is 0. The quantitative estimate of drug-likeness (QED) is 0.690. The van der Waals surface area contributed by atoms with Crippen molar-refractivity contribution in [3.63, 3.8) is 0 Å². The molecule has 1 nitrogen and oxygen atoms in total. The molecular weight excluding hydrogens is 234 g/mol. The summed E-state index contributed by atoms with van der Waals surface area (Å²) in [6.45, 7) is 0. The van der Waals surface area contributed by atoms with E-state index in [1.165, 1.54) is 12.3 Å². The molecule has 0 aliphatic rings. The zero-order valence-corrected chi connectivity index (χ0v) is 8.50. The molecule has 0 saturated heterocycles. The van der Waals surface area contributed by atoms with Crippen LogP contribution in [0, 0.1) is 5.82 Å². The summed E-state index contributed by atoms with van der Waals surface area (Å²) in [6.07, 6.45) is -3.09. The maximum Gasteiger partial charge on any atom is 0.416 e. The second kappa shape index (κ2) is 4.16. The van der Waals surface area contributed by atoms with Crippen LogP contribution in [0.1, 0.15) is 5.56 Å². The maximum atomic E-state index is 13.5. The SMILES string of the molecule is Fc1cc(C(F)(F)F)ccc1-c1ccccn1. The lowest BCUT2D eigenvalue weighted by Gasteiger charge is -2.08. The summed E-state index contributed by atoms with van der Waals surface area (Å²) < 4.78 is 50.5. The molecule has 0 aliphatic heterocycles. The fraction of sp³-hybridized carbons (Fsp3) is 0.0833. The molecule has 0 radical (unpaired) electrons. The van der Waals surface area contributed by atoms with Crippen LogP contribution in [0.5, 0.6) is 0 Å². The molecule has 0 atom stereocenters. The second-order valence-corrected chi connectivity index (χ2v) is 3.41. The van der Waals surface area contributed by atoms with Gasteiger partial charge in [-0.1, -0.05) is 6.07 Å². The van der Waals surface area contributed by atoms with Gasteiger partial charge in [0.15, 0.2) is 0 Å². The molecule has 0 spiro atoms. The second-order valence-electron chi connectivity index (χ2n) is 3.41. The van der Waals surface area contributed by atoms with Crippen LogP contribution in [0.2, 0.25) is 0 Å². The Balaban J connectivity index is 2.46. The van der Waals surface area contributed by atoms with Crippen molar-refractivity contribution in [3.05, 3.63) is 54.0 Å². The molecular formula is C12H7F4N. The number of halogens is 4. The Kier molecular flexibility index (Phi) is 2.83. The molecule has 88 valence electrons. The molecule has 0 fully saturated rings. The van der Waals surface area contributed by atoms with Crippen LogP contribution in [0.15, 0.2) is 42.6 Å². The van der Waals surface area contributed by atoms with Crippen molar-refractivity contribution in [1.82, 2.24) is 4.98 Å². The molecule has 0 N–H and O–H groups in total. The van der Waals surface area contributed by atoms with Gasteiger partial charge in [0.05, 0.1) is 11.3 Å². The van der Waals surface area contributed by atoms with Crippen molar-refractivity contribution in [1.29, 1.82) is 0 Å². The molecule has 5 heteroatoms. The first-order chi connectivity index (χ1) is 7.98. The fourth-order valence-corrected chi connectivity index (χ4v) is 1.42. The number of nitrogens with zero attached hydrogens (tertiary/aromatic N) is 1. The minimum absolute atomic E-state index is 0.0543. The molecule has 2 rings (SSSR count). The average molecular weight is 241 g/mol. The number of benzene rings is 1. The standard InChI is InChI=1S/C12H7F4N/c13-10-7-8(12(14,15)16)4-5-9(10)11-3-1-2-6-17-11/h1-7H. The van der Waals surface area contributed by atoms with Gasteiger partial charge < -0.3 is 0 Å². The van der Waals surface area contributed by atoms with Gasteiger partial charge in [-0.2, -0.15) is 13.2 Å². The van der Waals surface area contributed by atoms with Crippen molar-refractivity contribution in [2.45, 2.75) is 6.18 Å². The third kappa shape index (κ3) is 2.43. The number of hydrogen-bond acceptors (Lipinski definition) is 1. The lowest BCUT2D eigenvalue weighted by Crippen LogP contribution is -2.05. The van der Waals surface area contributed by atoms with E-state index in [9.17, 15) is 17.6 Å². The van der Waals surface area contributed by atoms with E-state index in [-0.39, 0.29) is 5.56 Å². The fourth-order valence-electron chi connectivity index (χ4n) is 1.42. The summed E-state index contributed by atoms with van der Waals surface area (Å²) in [7, 11) is 0. The van der Waals surface area contributed by atoms with Crippen LogP contribution in [-0.4, -0.2) is 4.98 Å². The number of rotatable bonds is 1. The monoisotopic (exact) mass is 241 g/mol. The average Bonchev–Trinajstić information content (AvgIpc) is 2.29. The Labute approximate surface area is 94.7 Å². The molecule has 17 heavy (non-hydrogen) atoms. The summed E-state index contributed by atoms with van der Waals surface area (Å²) >= 11 is 0. The highest BCUT2D eigenvalue weighted by Gasteiger charge is 2.31. The highest BCUT2D eigenvalue weighted by atomic mass is 19.4. The van der Waals surface area contributed by atoms with Crippen LogP contribution in [-0.2, 0) is 6.18 Å². The van der Waals surface area contributed by atoms with E-state index in [1.807, 2.05) is 0 Å². The van der Waals surface area contributed by atoms with Crippen LogP contribution in [0.4, 0.5) is 17.6 Å². The Morgan fingerprint density at radius 2 is 1.76 bits per heavy atom. The van der Waals surface area contributed by atoms with Gasteiger partial charge in [-0.15, -0.1) is 0 Å². The van der Waals surface area contributed by atoms with Crippen molar-refractivity contribution in [3.8, 4) is 11.3 Å². The van der Waals surface area contributed by atoms with Crippen LogP contribution in [0.3, 0.4) is 0 Å². The molecule has 2 aromatic rings. The van der Waals surface area contributed by atoms with Gasteiger partial charge in [-0.25, -0.2) is 4.39 Å². The molecule has 1 aromatic heterocycles. The van der Waals surface area contributed by atoms with Crippen LogP contribution >= 0.6 is 0 Å². The van der Waals surface area contributed by atoms with Crippen molar-refractivity contribution in [2.75, 3.05) is 0 Å². The predicted molar refractivity (Wildman–Crippen MR) is 54.6 cm³/mol. The van der Waals surface area contributed by atoms with E-state index in [1.54, 1.807) is 12.1 Å². The topological polar surface area (TPSA) is 12.9 Å². The van der Waals surface area contributed by atoms with Crippen molar-refractivity contribution in [2.24, 2.45) is 0 Å². The summed E-state index contributed by atoms with van der Waals surface area (Å²) in [6, 6.07) is 7.22. The van der Waals surface area contributed by atoms with Crippen molar-refractivity contribution >= 4 is 0 Å². The molecule has 1 heterocycles. The molecule has 0 bridgehead atoms. The van der Waals surface area contributed by atoms with Crippen molar-refractivity contribution < 1.29 is 17.6 Å². The molecule has 0 saturated carbocycles. The number of pyridine rings is 1. The minimum atomic E-state index is -4.54. The first-order valence-electron chi connectivity index (χ1n) is 4.76. The maximum absolute atomic E-state index is 13.5. The smallest absolute Gasteiger partial charge is 0.256 e. The van der Waals surface area contributed by atoms with Gasteiger partial charge in [-0.3, -0.25) is 4.98 Å². The normalized spacial score (nSPS) is 11.5. The van der Waals surface area contributed by atoms with E-state index in [0.717, 1.165) is 12.1 Å². The first-order valence-corrected chi connectivity index (χ1v) is 4.76. The zero-order chi connectivity index (χ0) is 12.5. The Morgan fingerprint density at radius 3 is 2.29 bits per heavy atom. The summed E-state index contributed by atoms with van der Waals surface area (Å²) in [4.78, 5) is 3.88. The van der Waals surface area contributed by atoms with E-state index < -0.39 is 17.6 Å². The number of alkyl halides is 3. The highest BCUT2D eigenvalue weighted by Crippen LogP contribution is 2.32. The zero-order valence-electron chi connectivity index (χ0n) is 8.50. The molecule has 0 amide bonds. The number of aromatic nitrogens is 1. The van der Waals surface area contributed by atoms with Gasteiger partial charge >= 0.3 is 6.18 Å². The summed E-state index contributed by atoms with van der Waals surface area (Å²) in [5.74, 6) is -0.932. The van der Waals surface area contributed by atoms with Gasteiger partial charge in [-0.05, 0) is 30.3 Å². The predicted octanol–water partition coefficient (Wildman–Crippen LogP) is 3.91. The Hall–Kier alpha value is -1.91.